The lowest BCUT2D eigenvalue weighted by molar-refractivity contribution is -0.141. The molecule has 0 spiro atoms. The zero-order chi connectivity index (χ0) is 29.5. The molecule has 1 aliphatic carbocycles. The van der Waals surface area contributed by atoms with E-state index in [1.54, 1.807) is 25.3 Å². The van der Waals surface area contributed by atoms with Gasteiger partial charge in [0.15, 0.2) is 11.5 Å². The van der Waals surface area contributed by atoms with E-state index in [2.05, 4.69) is 24.9 Å². The van der Waals surface area contributed by atoms with Crippen LogP contribution in [0.2, 0.25) is 0 Å². The monoisotopic (exact) mass is 574 g/mol. The largest absolute Gasteiger partial charge is 0.480 e. The molecule has 1 fully saturated rings. The average Bonchev–Trinajstić information content (AvgIpc) is 3.68. The van der Waals surface area contributed by atoms with Crippen LogP contribution in [-0.4, -0.2) is 42.5 Å². The van der Waals surface area contributed by atoms with Crippen molar-refractivity contribution < 1.29 is 31.4 Å². The second-order valence-corrected chi connectivity index (χ2v) is 10.1. The topological polar surface area (TPSA) is 87.8 Å². The SMILES string of the molecule is COc1ncnc(C2CC2)c1-c1ncc(C)c(OCc2ccc(-c3nc(C(F)(F)F)cn3[C@@H](C)C(C)(F)F)cc2)n1. The van der Waals surface area contributed by atoms with E-state index in [0.717, 1.165) is 30.0 Å². The van der Waals surface area contributed by atoms with Crippen molar-refractivity contribution in [1.29, 1.82) is 0 Å². The summed E-state index contributed by atoms with van der Waals surface area (Å²) in [7, 11) is 1.52. The molecular formula is C28H27F5N6O2. The van der Waals surface area contributed by atoms with Crippen LogP contribution in [0.4, 0.5) is 22.0 Å². The van der Waals surface area contributed by atoms with E-state index in [1.807, 2.05) is 0 Å². The van der Waals surface area contributed by atoms with Gasteiger partial charge in [-0.05, 0) is 32.3 Å². The van der Waals surface area contributed by atoms with Gasteiger partial charge in [0.05, 0.1) is 18.8 Å². The Labute approximate surface area is 232 Å². The molecule has 8 nitrogen and oxygen atoms in total. The summed E-state index contributed by atoms with van der Waals surface area (Å²) >= 11 is 0. The fourth-order valence-corrected chi connectivity index (χ4v) is 4.29. The molecular weight excluding hydrogens is 547 g/mol. The van der Waals surface area contributed by atoms with Gasteiger partial charge in [-0.3, -0.25) is 0 Å². The van der Waals surface area contributed by atoms with E-state index >= 15 is 0 Å². The Morgan fingerprint density at radius 1 is 1.00 bits per heavy atom. The van der Waals surface area contributed by atoms with Crippen molar-refractivity contribution in [3.05, 3.63) is 65.5 Å². The van der Waals surface area contributed by atoms with Gasteiger partial charge >= 0.3 is 6.18 Å². The average molecular weight is 575 g/mol. The lowest BCUT2D eigenvalue weighted by atomic mass is 10.1. The number of imidazole rings is 1. The zero-order valence-corrected chi connectivity index (χ0v) is 22.7. The Morgan fingerprint density at radius 3 is 2.32 bits per heavy atom. The van der Waals surface area contributed by atoms with Crippen LogP contribution in [0.3, 0.4) is 0 Å². The predicted octanol–water partition coefficient (Wildman–Crippen LogP) is 6.81. The minimum absolute atomic E-state index is 0.0845. The minimum Gasteiger partial charge on any atom is -0.480 e. The number of methoxy groups -OCH3 is 1. The summed E-state index contributed by atoms with van der Waals surface area (Å²) in [5.41, 5.74) is 1.82. The third kappa shape index (κ3) is 5.98. The molecule has 1 atom stereocenters. The van der Waals surface area contributed by atoms with E-state index in [1.165, 1.54) is 25.6 Å². The first kappa shape index (κ1) is 28.4. The fraction of sp³-hybridized carbons (Fsp3) is 0.393. The zero-order valence-electron chi connectivity index (χ0n) is 22.7. The van der Waals surface area contributed by atoms with Crippen molar-refractivity contribution in [2.75, 3.05) is 7.11 Å². The molecule has 5 rings (SSSR count). The van der Waals surface area contributed by atoms with Crippen LogP contribution in [0.1, 0.15) is 61.2 Å². The second-order valence-electron chi connectivity index (χ2n) is 10.1. The Balaban J connectivity index is 1.39. The van der Waals surface area contributed by atoms with Gasteiger partial charge in [-0.15, -0.1) is 0 Å². The van der Waals surface area contributed by atoms with E-state index in [0.29, 0.717) is 53.3 Å². The number of alkyl halides is 5. The number of halogens is 5. The lowest BCUT2D eigenvalue weighted by Gasteiger charge is -2.22. The maximum Gasteiger partial charge on any atom is 0.434 e. The highest BCUT2D eigenvalue weighted by Crippen LogP contribution is 2.45. The number of aromatic nitrogens is 6. The van der Waals surface area contributed by atoms with Crippen molar-refractivity contribution in [1.82, 2.24) is 29.5 Å². The molecule has 3 heterocycles. The Bertz CT molecular complexity index is 1550. The van der Waals surface area contributed by atoms with Crippen LogP contribution in [0.5, 0.6) is 11.8 Å². The number of rotatable bonds is 9. The molecule has 4 aromatic rings. The van der Waals surface area contributed by atoms with Crippen molar-refractivity contribution in [3.63, 3.8) is 0 Å². The molecule has 0 saturated heterocycles. The molecule has 0 aliphatic heterocycles. The molecule has 0 bridgehead atoms. The third-order valence-corrected chi connectivity index (χ3v) is 6.91. The van der Waals surface area contributed by atoms with Gasteiger partial charge in [-0.2, -0.15) is 18.2 Å². The highest BCUT2D eigenvalue weighted by molar-refractivity contribution is 5.66. The quantitative estimate of drug-likeness (QED) is 0.203. The molecule has 3 aromatic heterocycles. The van der Waals surface area contributed by atoms with Crippen LogP contribution in [0.15, 0.2) is 43.0 Å². The van der Waals surface area contributed by atoms with Gasteiger partial charge in [-0.25, -0.2) is 28.7 Å². The van der Waals surface area contributed by atoms with Gasteiger partial charge in [0.1, 0.15) is 24.3 Å². The third-order valence-electron chi connectivity index (χ3n) is 6.91. The normalized spacial score (nSPS) is 14.7. The van der Waals surface area contributed by atoms with Crippen molar-refractivity contribution in [2.24, 2.45) is 0 Å². The summed E-state index contributed by atoms with van der Waals surface area (Å²) in [6.45, 7) is 3.69. The number of ether oxygens (including phenoxy) is 2. The maximum absolute atomic E-state index is 14.0. The molecule has 1 saturated carbocycles. The van der Waals surface area contributed by atoms with Crippen LogP contribution >= 0.6 is 0 Å². The molecule has 1 aromatic carbocycles. The minimum atomic E-state index is -4.78. The van der Waals surface area contributed by atoms with Crippen LogP contribution in [-0.2, 0) is 12.8 Å². The smallest absolute Gasteiger partial charge is 0.434 e. The first-order chi connectivity index (χ1) is 19.4. The first-order valence-corrected chi connectivity index (χ1v) is 12.9. The van der Waals surface area contributed by atoms with Crippen LogP contribution < -0.4 is 9.47 Å². The summed E-state index contributed by atoms with van der Waals surface area (Å²) in [6.07, 6.45) is 0.944. The number of hydrogen-bond donors (Lipinski definition) is 0. The number of benzene rings is 1. The number of aryl methyl sites for hydroxylation is 1. The Hall–Kier alpha value is -4.16. The van der Waals surface area contributed by atoms with Gasteiger partial charge < -0.3 is 14.0 Å². The highest BCUT2D eigenvalue weighted by Gasteiger charge is 2.39. The number of hydrogen-bond acceptors (Lipinski definition) is 7. The number of nitrogens with zero attached hydrogens (tertiary/aromatic N) is 6. The molecule has 41 heavy (non-hydrogen) atoms. The molecule has 0 N–H and O–H groups in total. The first-order valence-electron chi connectivity index (χ1n) is 12.9. The summed E-state index contributed by atoms with van der Waals surface area (Å²) < 4.78 is 80.4. The lowest BCUT2D eigenvalue weighted by Crippen LogP contribution is -2.25. The van der Waals surface area contributed by atoms with Gasteiger partial charge in [-0.1, -0.05) is 24.3 Å². The van der Waals surface area contributed by atoms with Gasteiger partial charge in [0.25, 0.3) is 5.92 Å². The van der Waals surface area contributed by atoms with Crippen molar-refractivity contribution >= 4 is 0 Å². The van der Waals surface area contributed by atoms with Crippen LogP contribution in [0, 0.1) is 6.92 Å². The summed E-state index contributed by atoms with van der Waals surface area (Å²) in [4.78, 5) is 21.3. The van der Waals surface area contributed by atoms with Gasteiger partial charge in [0.2, 0.25) is 11.8 Å². The van der Waals surface area contributed by atoms with Crippen molar-refractivity contribution in [2.45, 2.75) is 64.3 Å². The van der Waals surface area contributed by atoms with Crippen LogP contribution in [0.25, 0.3) is 22.8 Å². The Kier molecular flexibility index (Phi) is 7.39. The molecule has 0 amide bonds. The predicted molar refractivity (Wildman–Crippen MR) is 139 cm³/mol. The van der Waals surface area contributed by atoms with E-state index in [-0.39, 0.29) is 18.0 Å². The summed E-state index contributed by atoms with van der Waals surface area (Å²) in [5, 5.41) is 0. The second kappa shape index (κ2) is 10.7. The van der Waals surface area contributed by atoms with E-state index < -0.39 is 23.8 Å². The molecule has 216 valence electrons. The standard InChI is InChI=1S/C28H27F5N6O2/c1-15-11-34-23(21-22(18-9-10-18)35-14-36-26(21)40-4)38-25(15)41-13-17-5-7-19(8-6-17)24-37-20(28(31,32)33)12-39(24)16(2)27(3,29)30/h5-8,11-12,14,16,18H,9-10,13H2,1-4H3/t16-/m0/s1. The Morgan fingerprint density at radius 2 is 1.71 bits per heavy atom. The van der Waals surface area contributed by atoms with E-state index in [4.69, 9.17) is 9.47 Å². The molecule has 1 aliphatic rings. The van der Waals surface area contributed by atoms with Crippen molar-refractivity contribution in [3.8, 4) is 34.5 Å². The molecule has 0 unspecified atom stereocenters. The summed E-state index contributed by atoms with van der Waals surface area (Å²) in [5.74, 6) is -2.11. The highest BCUT2D eigenvalue weighted by atomic mass is 19.4. The fourth-order valence-electron chi connectivity index (χ4n) is 4.29. The maximum atomic E-state index is 14.0. The van der Waals surface area contributed by atoms with Gasteiger partial charge in [0, 0.05) is 36.4 Å². The van der Waals surface area contributed by atoms with E-state index in [9.17, 15) is 22.0 Å². The summed E-state index contributed by atoms with van der Waals surface area (Å²) in [6, 6.07) is 4.75. The molecule has 13 heteroatoms. The molecule has 0 radical (unpaired) electrons.